The zero-order chi connectivity index (χ0) is 14.0. The second-order valence-corrected chi connectivity index (χ2v) is 5.27. The van der Waals surface area contributed by atoms with Crippen LogP contribution >= 0.6 is 0 Å². The van der Waals surface area contributed by atoms with Crippen LogP contribution in [0.4, 0.5) is 0 Å². The van der Waals surface area contributed by atoms with Crippen LogP contribution in [-0.2, 0) is 9.53 Å². The summed E-state index contributed by atoms with van der Waals surface area (Å²) in [4.78, 5) is 13.4. The second-order valence-electron chi connectivity index (χ2n) is 5.27. The summed E-state index contributed by atoms with van der Waals surface area (Å²) in [5.74, 6) is 0.501. The average molecular weight is 258 g/mol. The highest BCUT2D eigenvalue weighted by molar-refractivity contribution is 5.77. The highest BCUT2D eigenvalue weighted by Crippen LogP contribution is 2.04. The quantitative estimate of drug-likeness (QED) is 0.610. The summed E-state index contributed by atoms with van der Waals surface area (Å²) >= 11 is 0. The maximum Gasteiger partial charge on any atom is 0.248 e. The molecule has 0 rings (SSSR count). The SMILES string of the molecule is CCCCCOCC(=O)N(C)CCC(N)C(C)C. The van der Waals surface area contributed by atoms with Gasteiger partial charge in [0, 0.05) is 26.2 Å². The molecule has 0 aliphatic rings. The van der Waals surface area contributed by atoms with E-state index in [9.17, 15) is 4.79 Å². The molecule has 0 radical (unpaired) electrons. The van der Waals surface area contributed by atoms with Crippen LogP contribution in [0.1, 0.15) is 46.5 Å². The molecule has 108 valence electrons. The van der Waals surface area contributed by atoms with Gasteiger partial charge in [-0.2, -0.15) is 0 Å². The van der Waals surface area contributed by atoms with E-state index in [-0.39, 0.29) is 18.6 Å². The Morgan fingerprint density at radius 2 is 2.00 bits per heavy atom. The fraction of sp³-hybridized carbons (Fsp3) is 0.929. The predicted molar refractivity (Wildman–Crippen MR) is 75.4 cm³/mol. The molecule has 0 aromatic heterocycles. The Labute approximate surface area is 112 Å². The van der Waals surface area contributed by atoms with Crippen molar-refractivity contribution < 1.29 is 9.53 Å². The Morgan fingerprint density at radius 1 is 1.33 bits per heavy atom. The van der Waals surface area contributed by atoms with Gasteiger partial charge in [-0.05, 0) is 18.8 Å². The number of rotatable bonds is 10. The second kappa shape index (κ2) is 10.3. The van der Waals surface area contributed by atoms with Crippen LogP contribution < -0.4 is 5.73 Å². The number of hydrogen-bond acceptors (Lipinski definition) is 3. The lowest BCUT2D eigenvalue weighted by Crippen LogP contribution is -2.36. The number of hydrogen-bond donors (Lipinski definition) is 1. The fourth-order valence-corrected chi connectivity index (χ4v) is 1.52. The van der Waals surface area contributed by atoms with Crippen molar-refractivity contribution in [2.75, 3.05) is 26.8 Å². The molecule has 0 saturated carbocycles. The Hall–Kier alpha value is -0.610. The van der Waals surface area contributed by atoms with Crippen LogP contribution in [0.5, 0.6) is 0 Å². The fourth-order valence-electron chi connectivity index (χ4n) is 1.52. The smallest absolute Gasteiger partial charge is 0.248 e. The van der Waals surface area contributed by atoms with Gasteiger partial charge < -0.3 is 15.4 Å². The van der Waals surface area contributed by atoms with Crippen LogP contribution in [0.2, 0.25) is 0 Å². The number of nitrogens with zero attached hydrogens (tertiary/aromatic N) is 1. The number of nitrogens with two attached hydrogens (primary N) is 1. The van der Waals surface area contributed by atoms with E-state index in [0.29, 0.717) is 19.1 Å². The predicted octanol–water partition coefficient (Wildman–Crippen LogP) is 2.02. The Balaban J connectivity index is 3.63. The van der Waals surface area contributed by atoms with E-state index in [0.717, 1.165) is 19.3 Å². The first-order valence-corrected chi connectivity index (χ1v) is 7.06. The maximum atomic E-state index is 11.7. The molecule has 0 aromatic rings. The van der Waals surface area contributed by atoms with Crippen LogP contribution in [0.15, 0.2) is 0 Å². The lowest BCUT2D eigenvalue weighted by Gasteiger charge is -2.21. The van der Waals surface area contributed by atoms with Gasteiger partial charge in [-0.3, -0.25) is 4.79 Å². The van der Waals surface area contributed by atoms with Gasteiger partial charge in [0.1, 0.15) is 6.61 Å². The molecule has 1 atom stereocenters. The van der Waals surface area contributed by atoms with Gasteiger partial charge in [0.25, 0.3) is 0 Å². The number of amides is 1. The maximum absolute atomic E-state index is 11.7. The summed E-state index contributed by atoms with van der Waals surface area (Å²) in [6.45, 7) is 7.93. The van der Waals surface area contributed by atoms with Crippen molar-refractivity contribution in [1.82, 2.24) is 4.90 Å². The van der Waals surface area contributed by atoms with Crippen molar-refractivity contribution in [3.05, 3.63) is 0 Å². The van der Waals surface area contributed by atoms with E-state index in [4.69, 9.17) is 10.5 Å². The van der Waals surface area contributed by atoms with Gasteiger partial charge in [-0.25, -0.2) is 0 Å². The standard InChI is InChI=1S/C14H30N2O2/c1-5-6-7-10-18-11-14(17)16(4)9-8-13(15)12(2)3/h12-13H,5-11,15H2,1-4H3. The first kappa shape index (κ1) is 17.4. The minimum Gasteiger partial charge on any atom is -0.372 e. The van der Waals surface area contributed by atoms with Crippen molar-refractivity contribution >= 4 is 5.91 Å². The van der Waals surface area contributed by atoms with Crippen molar-refractivity contribution in [2.24, 2.45) is 11.7 Å². The number of unbranched alkanes of at least 4 members (excludes halogenated alkanes) is 2. The van der Waals surface area contributed by atoms with Crippen molar-refractivity contribution in [1.29, 1.82) is 0 Å². The summed E-state index contributed by atoms with van der Waals surface area (Å²) in [6.07, 6.45) is 4.21. The van der Waals surface area contributed by atoms with Gasteiger partial charge in [-0.15, -0.1) is 0 Å². The molecule has 0 aliphatic carbocycles. The molecule has 1 unspecified atom stereocenters. The molecule has 0 spiro atoms. The molecule has 0 aliphatic heterocycles. The van der Waals surface area contributed by atoms with Crippen LogP contribution in [-0.4, -0.2) is 43.7 Å². The summed E-state index contributed by atoms with van der Waals surface area (Å²) in [7, 11) is 1.81. The van der Waals surface area contributed by atoms with E-state index >= 15 is 0 Å². The molecule has 0 saturated heterocycles. The first-order chi connectivity index (χ1) is 8.49. The van der Waals surface area contributed by atoms with Crippen LogP contribution in [0.3, 0.4) is 0 Å². The molecule has 0 bridgehead atoms. The van der Waals surface area contributed by atoms with Crippen LogP contribution in [0.25, 0.3) is 0 Å². The van der Waals surface area contributed by atoms with Gasteiger partial charge in [0.15, 0.2) is 0 Å². The minimum atomic E-state index is 0.0439. The summed E-state index contributed by atoms with van der Waals surface area (Å²) < 4.78 is 5.35. The molecule has 2 N–H and O–H groups in total. The first-order valence-electron chi connectivity index (χ1n) is 7.06. The largest absolute Gasteiger partial charge is 0.372 e. The highest BCUT2D eigenvalue weighted by Gasteiger charge is 2.12. The number of ether oxygens (including phenoxy) is 1. The highest BCUT2D eigenvalue weighted by atomic mass is 16.5. The van der Waals surface area contributed by atoms with Gasteiger partial charge in [-0.1, -0.05) is 33.6 Å². The molecule has 4 heteroatoms. The topological polar surface area (TPSA) is 55.6 Å². The molecule has 4 nitrogen and oxygen atoms in total. The van der Waals surface area contributed by atoms with Crippen LogP contribution in [0, 0.1) is 5.92 Å². The monoisotopic (exact) mass is 258 g/mol. The van der Waals surface area contributed by atoms with E-state index < -0.39 is 0 Å². The third-order valence-electron chi connectivity index (χ3n) is 3.20. The molecule has 18 heavy (non-hydrogen) atoms. The van der Waals surface area contributed by atoms with Crippen molar-refractivity contribution in [3.63, 3.8) is 0 Å². The molecule has 0 aromatic carbocycles. The van der Waals surface area contributed by atoms with E-state index in [2.05, 4.69) is 20.8 Å². The van der Waals surface area contributed by atoms with Crippen molar-refractivity contribution in [2.45, 2.75) is 52.5 Å². The number of carbonyl (C=O) groups is 1. The molecule has 0 fully saturated rings. The molecule has 1 amide bonds. The van der Waals surface area contributed by atoms with Crippen molar-refractivity contribution in [3.8, 4) is 0 Å². The number of likely N-dealkylation sites (N-methyl/N-ethyl adjacent to an activating group) is 1. The Kier molecular flexibility index (Phi) is 9.98. The molecular weight excluding hydrogens is 228 g/mol. The van der Waals surface area contributed by atoms with Gasteiger partial charge >= 0.3 is 0 Å². The lowest BCUT2D eigenvalue weighted by molar-refractivity contribution is -0.134. The molecule has 0 heterocycles. The third-order valence-corrected chi connectivity index (χ3v) is 3.20. The van der Waals surface area contributed by atoms with Gasteiger partial charge in [0.05, 0.1) is 0 Å². The Bertz CT molecular complexity index is 220. The van der Waals surface area contributed by atoms with Gasteiger partial charge in [0.2, 0.25) is 5.91 Å². The summed E-state index contributed by atoms with van der Waals surface area (Å²) in [5.41, 5.74) is 5.95. The molecular formula is C14H30N2O2. The average Bonchev–Trinajstić information content (AvgIpc) is 2.34. The third kappa shape index (κ3) is 8.48. The summed E-state index contributed by atoms with van der Waals surface area (Å²) in [5, 5.41) is 0. The van der Waals surface area contributed by atoms with E-state index in [1.807, 2.05) is 7.05 Å². The van der Waals surface area contributed by atoms with E-state index in [1.165, 1.54) is 6.42 Å². The number of carbonyl (C=O) groups excluding carboxylic acids is 1. The normalized spacial score (nSPS) is 12.8. The van der Waals surface area contributed by atoms with E-state index in [1.54, 1.807) is 4.90 Å². The minimum absolute atomic E-state index is 0.0439. The Morgan fingerprint density at radius 3 is 2.56 bits per heavy atom. The zero-order valence-electron chi connectivity index (χ0n) is 12.4. The lowest BCUT2D eigenvalue weighted by atomic mass is 10.0. The zero-order valence-corrected chi connectivity index (χ0v) is 12.4. The summed E-state index contributed by atoms with van der Waals surface area (Å²) in [6, 6.07) is 0.158.